The van der Waals surface area contributed by atoms with Gasteiger partial charge in [0.15, 0.2) is 17.3 Å². The molecule has 0 aliphatic carbocycles. The van der Waals surface area contributed by atoms with Gasteiger partial charge >= 0.3 is 0 Å². The molecule has 0 aliphatic heterocycles. The standard InChI is InChI=1S/C16H15FO3/c1-10-5-4-6-11(7-10)16(18)12-8-14(19-2)15(20-3)9-13(12)17/h4-9H,1-3H3. The minimum atomic E-state index is -0.630. The van der Waals surface area contributed by atoms with Gasteiger partial charge in [0, 0.05) is 11.6 Å². The van der Waals surface area contributed by atoms with Gasteiger partial charge in [-0.15, -0.1) is 0 Å². The molecule has 4 heteroatoms. The second-order valence-electron chi connectivity index (χ2n) is 4.39. The quantitative estimate of drug-likeness (QED) is 0.802. The van der Waals surface area contributed by atoms with Gasteiger partial charge in [0.25, 0.3) is 0 Å². The Morgan fingerprint density at radius 1 is 1.05 bits per heavy atom. The summed E-state index contributed by atoms with van der Waals surface area (Å²) in [5, 5.41) is 0. The van der Waals surface area contributed by atoms with Crippen molar-refractivity contribution in [3.8, 4) is 11.5 Å². The van der Waals surface area contributed by atoms with Crippen molar-refractivity contribution in [2.45, 2.75) is 6.92 Å². The minimum absolute atomic E-state index is 0.0340. The lowest BCUT2D eigenvalue weighted by atomic mass is 10.0. The van der Waals surface area contributed by atoms with E-state index in [1.165, 1.54) is 20.3 Å². The predicted molar refractivity (Wildman–Crippen MR) is 74.1 cm³/mol. The first-order chi connectivity index (χ1) is 9.56. The molecule has 0 saturated carbocycles. The van der Waals surface area contributed by atoms with Crippen LogP contribution in [-0.2, 0) is 0 Å². The molecule has 0 N–H and O–H groups in total. The maximum absolute atomic E-state index is 14.0. The van der Waals surface area contributed by atoms with Gasteiger partial charge < -0.3 is 9.47 Å². The van der Waals surface area contributed by atoms with Crippen molar-refractivity contribution in [3.05, 3.63) is 58.9 Å². The second-order valence-corrected chi connectivity index (χ2v) is 4.39. The molecule has 0 atom stereocenters. The lowest BCUT2D eigenvalue weighted by Crippen LogP contribution is -2.06. The highest BCUT2D eigenvalue weighted by atomic mass is 19.1. The molecule has 0 amide bonds. The number of benzene rings is 2. The summed E-state index contributed by atoms with van der Waals surface area (Å²) < 4.78 is 24.1. The number of ketones is 1. The monoisotopic (exact) mass is 274 g/mol. The molecule has 0 aliphatic rings. The first kappa shape index (κ1) is 14.1. The van der Waals surface area contributed by atoms with Crippen LogP contribution in [0.2, 0.25) is 0 Å². The van der Waals surface area contributed by atoms with E-state index in [4.69, 9.17) is 9.47 Å². The summed E-state index contributed by atoms with van der Waals surface area (Å²) in [7, 11) is 2.86. The minimum Gasteiger partial charge on any atom is -0.493 e. The number of methoxy groups -OCH3 is 2. The van der Waals surface area contributed by atoms with Crippen LogP contribution < -0.4 is 9.47 Å². The molecule has 3 nitrogen and oxygen atoms in total. The molecule has 2 aromatic rings. The number of hydrogen-bond donors (Lipinski definition) is 0. The highest BCUT2D eigenvalue weighted by molar-refractivity contribution is 6.09. The molecule has 20 heavy (non-hydrogen) atoms. The van der Waals surface area contributed by atoms with Crippen LogP contribution in [-0.4, -0.2) is 20.0 Å². The maximum atomic E-state index is 14.0. The third-order valence-corrected chi connectivity index (χ3v) is 3.00. The Labute approximate surface area is 117 Å². The second kappa shape index (κ2) is 5.74. The lowest BCUT2D eigenvalue weighted by molar-refractivity contribution is 0.103. The van der Waals surface area contributed by atoms with E-state index in [9.17, 15) is 9.18 Å². The topological polar surface area (TPSA) is 35.5 Å². The zero-order chi connectivity index (χ0) is 14.7. The molecular formula is C16H15FO3. The first-order valence-electron chi connectivity index (χ1n) is 6.09. The summed E-state index contributed by atoms with van der Waals surface area (Å²) >= 11 is 0. The number of aryl methyl sites for hydroxylation is 1. The molecule has 0 heterocycles. The number of ether oxygens (including phenoxy) is 2. The van der Waals surface area contributed by atoms with Crippen molar-refractivity contribution in [1.29, 1.82) is 0 Å². The van der Waals surface area contributed by atoms with E-state index < -0.39 is 5.82 Å². The molecule has 0 radical (unpaired) electrons. The van der Waals surface area contributed by atoms with Gasteiger partial charge in [0.05, 0.1) is 19.8 Å². The van der Waals surface area contributed by atoms with Gasteiger partial charge in [-0.2, -0.15) is 0 Å². The van der Waals surface area contributed by atoms with Gasteiger partial charge in [-0.3, -0.25) is 4.79 Å². The van der Waals surface area contributed by atoms with Crippen LogP contribution in [0.25, 0.3) is 0 Å². The van der Waals surface area contributed by atoms with E-state index in [-0.39, 0.29) is 17.1 Å². The summed E-state index contributed by atoms with van der Waals surface area (Å²) in [5.74, 6) is -0.433. The molecule has 0 unspecified atom stereocenters. The largest absolute Gasteiger partial charge is 0.493 e. The molecule has 2 rings (SSSR count). The fourth-order valence-corrected chi connectivity index (χ4v) is 1.97. The van der Waals surface area contributed by atoms with Crippen molar-refractivity contribution in [3.63, 3.8) is 0 Å². The molecule has 2 aromatic carbocycles. The van der Waals surface area contributed by atoms with Gasteiger partial charge in [0.1, 0.15) is 5.82 Å². The number of rotatable bonds is 4. The summed E-state index contributed by atoms with van der Waals surface area (Å²) in [6, 6.07) is 9.54. The summed E-state index contributed by atoms with van der Waals surface area (Å²) in [5.41, 5.74) is 1.35. The van der Waals surface area contributed by atoms with Crippen LogP contribution in [0, 0.1) is 12.7 Å². The fraction of sp³-hybridized carbons (Fsp3) is 0.188. The molecule has 0 aromatic heterocycles. The van der Waals surface area contributed by atoms with Crippen LogP contribution in [0.4, 0.5) is 4.39 Å². The van der Waals surface area contributed by atoms with Crippen molar-refractivity contribution in [1.82, 2.24) is 0 Å². The summed E-state index contributed by atoms with van der Waals surface area (Å²) in [6.45, 7) is 1.88. The van der Waals surface area contributed by atoms with Crippen LogP contribution in [0.5, 0.6) is 11.5 Å². The van der Waals surface area contributed by atoms with E-state index in [0.717, 1.165) is 11.6 Å². The van der Waals surface area contributed by atoms with E-state index in [2.05, 4.69) is 0 Å². The normalized spacial score (nSPS) is 10.2. The Hall–Kier alpha value is -2.36. The molecule has 0 fully saturated rings. The Morgan fingerprint density at radius 3 is 2.30 bits per heavy atom. The molecule has 0 spiro atoms. The van der Waals surface area contributed by atoms with Gasteiger partial charge in [-0.1, -0.05) is 23.8 Å². The van der Waals surface area contributed by atoms with Crippen LogP contribution in [0.15, 0.2) is 36.4 Å². The van der Waals surface area contributed by atoms with Crippen molar-refractivity contribution >= 4 is 5.78 Å². The van der Waals surface area contributed by atoms with E-state index >= 15 is 0 Å². The van der Waals surface area contributed by atoms with E-state index in [0.29, 0.717) is 11.3 Å². The Morgan fingerprint density at radius 2 is 1.70 bits per heavy atom. The highest BCUT2D eigenvalue weighted by Crippen LogP contribution is 2.30. The third-order valence-electron chi connectivity index (χ3n) is 3.00. The number of hydrogen-bond acceptors (Lipinski definition) is 3. The van der Waals surface area contributed by atoms with Crippen molar-refractivity contribution < 1.29 is 18.7 Å². The van der Waals surface area contributed by atoms with E-state index in [1.807, 2.05) is 13.0 Å². The van der Waals surface area contributed by atoms with Crippen LogP contribution in [0.3, 0.4) is 0 Å². The molecule has 104 valence electrons. The average Bonchev–Trinajstić information content (AvgIpc) is 2.46. The summed E-state index contributed by atoms with van der Waals surface area (Å²) in [4.78, 5) is 12.4. The Bertz CT molecular complexity index is 650. The average molecular weight is 274 g/mol. The van der Waals surface area contributed by atoms with Gasteiger partial charge in [-0.05, 0) is 19.1 Å². The van der Waals surface area contributed by atoms with Crippen LogP contribution in [0.1, 0.15) is 21.5 Å². The molecular weight excluding hydrogens is 259 g/mol. The maximum Gasteiger partial charge on any atom is 0.196 e. The SMILES string of the molecule is COc1cc(F)c(C(=O)c2cccc(C)c2)cc1OC. The van der Waals surface area contributed by atoms with Crippen molar-refractivity contribution in [2.75, 3.05) is 14.2 Å². The zero-order valence-electron chi connectivity index (χ0n) is 11.6. The van der Waals surface area contributed by atoms with Crippen molar-refractivity contribution in [2.24, 2.45) is 0 Å². The zero-order valence-corrected chi connectivity index (χ0v) is 11.6. The highest BCUT2D eigenvalue weighted by Gasteiger charge is 2.18. The van der Waals surface area contributed by atoms with Gasteiger partial charge in [0.2, 0.25) is 0 Å². The number of carbonyl (C=O) groups is 1. The number of carbonyl (C=O) groups excluding carboxylic acids is 1. The smallest absolute Gasteiger partial charge is 0.196 e. The third kappa shape index (κ3) is 2.64. The molecule has 0 bridgehead atoms. The Kier molecular flexibility index (Phi) is 4.03. The Balaban J connectivity index is 2.49. The van der Waals surface area contributed by atoms with E-state index in [1.54, 1.807) is 18.2 Å². The lowest BCUT2D eigenvalue weighted by Gasteiger charge is -2.10. The number of halogens is 1. The summed E-state index contributed by atoms with van der Waals surface area (Å²) in [6.07, 6.45) is 0. The van der Waals surface area contributed by atoms with Crippen LogP contribution >= 0.6 is 0 Å². The fourth-order valence-electron chi connectivity index (χ4n) is 1.97. The molecule has 0 saturated heterocycles. The predicted octanol–water partition coefficient (Wildman–Crippen LogP) is 3.38. The van der Waals surface area contributed by atoms with Gasteiger partial charge in [-0.25, -0.2) is 4.39 Å². The first-order valence-corrected chi connectivity index (χ1v) is 6.09.